The van der Waals surface area contributed by atoms with Gasteiger partial charge in [-0.2, -0.15) is 0 Å². The van der Waals surface area contributed by atoms with Crippen LogP contribution in [0.4, 0.5) is 4.79 Å². The Labute approximate surface area is 121 Å². The summed E-state index contributed by atoms with van der Waals surface area (Å²) in [6, 6.07) is -1.01. The lowest BCUT2D eigenvalue weighted by Crippen LogP contribution is -2.52. The highest BCUT2D eigenvalue weighted by molar-refractivity contribution is 5.82. The van der Waals surface area contributed by atoms with Crippen LogP contribution in [-0.2, 0) is 4.79 Å². The summed E-state index contributed by atoms with van der Waals surface area (Å²) in [4.78, 5) is 23.2. The first-order chi connectivity index (χ1) is 9.45. The Hall–Kier alpha value is -1.26. The molecule has 116 valence electrons. The van der Waals surface area contributed by atoms with Crippen molar-refractivity contribution >= 4 is 12.0 Å². The van der Waals surface area contributed by atoms with E-state index < -0.39 is 12.0 Å². The van der Waals surface area contributed by atoms with Gasteiger partial charge >= 0.3 is 12.0 Å². The second kappa shape index (κ2) is 8.12. The number of carboxylic acid groups (broad SMARTS) is 1. The number of hydrogen-bond acceptors (Lipinski definition) is 2. The summed E-state index contributed by atoms with van der Waals surface area (Å²) < 4.78 is 0. The average molecular weight is 284 g/mol. The van der Waals surface area contributed by atoms with Crippen molar-refractivity contribution < 1.29 is 14.7 Å². The highest BCUT2D eigenvalue weighted by Crippen LogP contribution is 2.22. The summed E-state index contributed by atoms with van der Waals surface area (Å²) in [7, 11) is 0. The second-order valence-electron chi connectivity index (χ2n) is 6.04. The van der Waals surface area contributed by atoms with Gasteiger partial charge in [0.1, 0.15) is 6.04 Å². The van der Waals surface area contributed by atoms with E-state index in [1.54, 1.807) is 0 Å². The van der Waals surface area contributed by atoms with Gasteiger partial charge in [-0.25, -0.2) is 9.59 Å². The molecule has 2 amide bonds. The number of aliphatic carboxylic acids is 1. The van der Waals surface area contributed by atoms with Gasteiger partial charge in [-0.05, 0) is 24.7 Å². The SMILES string of the molecule is CCC(C)[C@H](NC(=O)NC1CCCCCC1C)C(=O)O. The highest BCUT2D eigenvalue weighted by Gasteiger charge is 2.27. The van der Waals surface area contributed by atoms with E-state index in [1.165, 1.54) is 12.8 Å². The van der Waals surface area contributed by atoms with Crippen molar-refractivity contribution in [1.82, 2.24) is 10.6 Å². The first-order valence-electron chi connectivity index (χ1n) is 7.75. The number of carboxylic acids is 1. The van der Waals surface area contributed by atoms with Crippen LogP contribution in [-0.4, -0.2) is 29.2 Å². The molecule has 0 bridgehead atoms. The van der Waals surface area contributed by atoms with Crippen molar-refractivity contribution in [2.24, 2.45) is 11.8 Å². The van der Waals surface area contributed by atoms with Crippen molar-refractivity contribution in [2.45, 2.75) is 71.4 Å². The predicted molar refractivity (Wildman–Crippen MR) is 78.6 cm³/mol. The molecule has 0 aromatic heterocycles. The molecule has 1 aliphatic carbocycles. The van der Waals surface area contributed by atoms with Gasteiger partial charge < -0.3 is 15.7 Å². The summed E-state index contributed by atoms with van der Waals surface area (Å²) in [6.45, 7) is 5.92. The topological polar surface area (TPSA) is 78.4 Å². The molecule has 1 rings (SSSR count). The van der Waals surface area contributed by atoms with Crippen LogP contribution in [0, 0.1) is 11.8 Å². The number of carbonyl (C=O) groups is 2. The average Bonchev–Trinajstić information content (AvgIpc) is 2.60. The van der Waals surface area contributed by atoms with E-state index in [2.05, 4.69) is 17.6 Å². The minimum absolute atomic E-state index is 0.0789. The molecule has 1 fully saturated rings. The minimum atomic E-state index is -0.969. The number of hydrogen-bond donors (Lipinski definition) is 3. The Balaban J connectivity index is 2.54. The van der Waals surface area contributed by atoms with Gasteiger partial charge in [-0.1, -0.05) is 46.5 Å². The number of rotatable bonds is 5. The summed E-state index contributed by atoms with van der Waals surface area (Å²) in [5.41, 5.74) is 0. The predicted octanol–water partition coefficient (Wildman–Crippen LogP) is 2.75. The van der Waals surface area contributed by atoms with Gasteiger partial charge in [-0.15, -0.1) is 0 Å². The van der Waals surface area contributed by atoms with Crippen molar-refractivity contribution in [1.29, 1.82) is 0 Å². The van der Waals surface area contributed by atoms with E-state index >= 15 is 0 Å². The van der Waals surface area contributed by atoms with Gasteiger partial charge in [-0.3, -0.25) is 0 Å². The third-order valence-electron chi connectivity index (χ3n) is 4.44. The molecule has 0 aromatic carbocycles. The highest BCUT2D eigenvalue weighted by atomic mass is 16.4. The van der Waals surface area contributed by atoms with Gasteiger partial charge in [0.2, 0.25) is 0 Å². The van der Waals surface area contributed by atoms with Crippen LogP contribution in [0.15, 0.2) is 0 Å². The maximum Gasteiger partial charge on any atom is 0.326 e. The molecule has 3 unspecified atom stereocenters. The van der Waals surface area contributed by atoms with Crippen LogP contribution in [0.1, 0.15) is 59.3 Å². The van der Waals surface area contributed by atoms with E-state index in [0.717, 1.165) is 25.7 Å². The molecular weight excluding hydrogens is 256 g/mol. The van der Waals surface area contributed by atoms with E-state index in [4.69, 9.17) is 0 Å². The van der Waals surface area contributed by atoms with E-state index in [9.17, 15) is 14.7 Å². The Bertz CT molecular complexity index is 333. The molecular formula is C15H28N2O3. The van der Waals surface area contributed by atoms with E-state index in [-0.39, 0.29) is 18.0 Å². The Morgan fingerprint density at radius 1 is 1.25 bits per heavy atom. The van der Waals surface area contributed by atoms with Gasteiger partial charge in [0.25, 0.3) is 0 Å². The standard InChI is InChI=1S/C15H28N2O3/c1-4-10(2)13(14(18)19)17-15(20)16-12-9-7-5-6-8-11(12)3/h10-13H,4-9H2,1-3H3,(H,18,19)(H2,16,17,20)/t10?,11?,12?,13-/m0/s1. The zero-order valence-corrected chi connectivity index (χ0v) is 12.8. The maximum atomic E-state index is 12.0. The lowest BCUT2D eigenvalue weighted by molar-refractivity contribution is -0.140. The van der Waals surface area contributed by atoms with Gasteiger partial charge in [0, 0.05) is 6.04 Å². The fraction of sp³-hybridized carbons (Fsp3) is 0.867. The molecule has 0 spiro atoms. The Morgan fingerprint density at radius 3 is 2.50 bits per heavy atom. The molecule has 0 saturated heterocycles. The third kappa shape index (κ3) is 5.02. The largest absolute Gasteiger partial charge is 0.480 e. The Morgan fingerprint density at radius 2 is 1.90 bits per heavy atom. The molecule has 20 heavy (non-hydrogen) atoms. The lowest BCUT2D eigenvalue weighted by atomic mass is 9.97. The Kier molecular flexibility index (Phi) is 6.82. The number of urea groups is 1. The van der Waals surface area contributed by atoms with Crippen LogP contribution in [0.3, 0.4) is 0 Å². The van der Waals surface area contributed by atoms with Crippen LogP contribution < -0.4 is 10.6 Å². The molecule has 0 aliphatic heterocycles. The van der Waals surface area contributed by atoms with E-state index in [0.29, 0.717) is 5.92 Å². The van der Waals surface area contributed by atoms with Crippen molar-refractivity contribution in [2.75, 3.05) is 0 Å². The fourth-order valence-corrected chi connectivity index (χ4v) is 2.74. The first-order valence-corrected chi connectivity index (χ1v) is 7.75. The lowest BCUT2D eigenvalue weighted by Gasteiger charge is -2.25. The second-order valence-corrected chi connectivity index (χ2v) is 6.04. The normalized spacial score (nSPS) is 26.1. The van der Waals surface area contributed by atoms with Crippen molar-refractivity contribution in [3.63, 3.8) is 0 Å². The molecule has 1 saturated carbocycles. The molecule has 5 heteroatoms. The molecule has 0 heterocycles. The minimum Gasteiger partial charge on any atom is -0.480 e. The fourth-order valence-electron chi connectivity index (χ4n) is 2.74. The monoisotopic (exact) mass is 284 g/mol. The first kappa shape index (κ1) is 16.8. The summed E-state index contributed by atoms with van der Waals surface area (Å²) >= 11 is 0. The summed E-state index contributed by atoms with van der Waals surface area (Å²) in [5.74, 6) is -0.594. The summed E-state index contributed by atoms with van der Waals surface area (Å²) in [5, 5.41) is 14.7. The molecule has 3 N–H and O–H groups in total. The third-order valence-corrected chi connectivity index (χ3v) is 4.44. The number of nitrogens with one attached hydrogen (secondary N) is 2. The van der Waals surface area contributed by atoms with Crippen molar-refractivity contribution in [3.8, 4) is 0 Å². The summed E-state index contributed by atoms with van der Waals surface area (Å²) in [6.07, 6.45) is 6.38. The van der Waals surface area contributed by atoms with Crippen LogP contribution >= 0.6 is 0 Å². The molecule has 5 nitrogen and oxygen atoms in total. The van der Waals surface area contributed by atoms with Crippen LogP contribution in [0.2, 0.25) is 0 Å². The van der Waals surface area contributed by atoms with Crippen LogP contribution in [0.5, 0.6) is 0 Å². The zero-order chi connectivity index (χ0) is 15.1. The number of carbonyl (C=O) groups excluding carboxylic acids is 1. The number of amides is 2. The quantitative estimate of drug-likeness (QED) is 0.679. The van der Waals surface area contributed by atoms with Crippen molar-refractivity contribution in [3.05, 3.63) is 0 Å². The molecule has 1 aliphatic rings. The zero-order valence-electron chi connectivity index (χ0n) is 12.8. The van der Waals surface area contributed by atoms with Gasteiger partial charge in [0.15, 0.2) is 0 Å². The maximum absolute atomic E-state index is 12.0. The molecule has 4 atom stereocenters. The van der Waals surface area contributed by atoms with Gasteiger partial charge in [0.05, 0.1) is 0 Å². The molecule has 0 radical (unpaired) electrons. The van der Waals surface area contributed by atoms with Crippen LogP contribution in [0.25, 0.3) is 0 Å². The van der Waals surface area contributed by atoms with E-state index in [1.807, 2.05) is 13.8 Å². The smallest absolute Gasteiger partial charge is 0.326 e. The molecule has 0 aromatic rings.